The summed E-state index contributed by atoms with van der Waals surface area (Å²) in [6.45, 7) is 1.94. The maximum Gasteiger partial charge on any atom is 0.107 e. The zero-order chi connectivity index (χ0) is 11.4. The van der Waals surface area contributed by atoms with Crippen LogP contribution in [-0.2, 0) is 0 Å². The van der Waals surface area contributed by atoms with Gasteiger partial charge in [0.1, 0.15) is 6.04 Å². The van der Waals surface area contributed by atoms with Crippen LogP contribution in [0, 0.1) is 6.92 Å². The third kappa shape index (κ3) is 2.21. The third-order valence-electron chi connectivity index (χ3n) is 2.25. The molecule has 1 unspecified atom stereocenters. The van der Waals surface area contributed by atoms with Gasteiger partial charge in [0.15, 0.2) is 0 Å². The van der Waals surface area contributed by atoms with Crippen molar-refractivity contribution in [3.8, 4) is 0 Å². The summed E-state index contributed by atoms with van der Waals surface area (Å²) in [6.07, 6.45) is 4.94. The monoisotopic (exact) mass is 215 g/mol. The largest absolute Gasteiger partial charge is 0.270 e. The van der Waals surface area contributed by atoms with Crippen molar-refractivity contribution in [1.29, 1.82) is 0 Å². The average Bonchev–Trinajstić information content (AvgIpc) is 2.31. The lowest BCUT2D eigenvalue weighted by Crippen LogP contribution is -2.30. The number of hydrogen-bond donors (Lipinski definition) is 2. The molecular formula is C11H13N5. The summed E-state index contributed by atoms with van der Waals surface area (Å²) in [7, 11) is 0. The summed E-state index contributed by atoms with van der Waals surface area (Å²) in [6, 6.07) is 5.56. The lowest BCUT2D eigenvalue weighted by molar-refractivity contribution is 0.601. The fourth-order valence-electron chi connectivity index (χ4n) is 1.51. The molecule has 0 radical (unpaired) electrons. The maximum atomic E-state index is 5.53. The van der Waals surface area contributed by atoms with E-state index in [1.54, 1.807) is 18.6 Å². The van der Waals surface area contributed by atoms with E-state index in [9.17, 15) is 0 Å². The highest BCUT2D eigenvalue weighted by atomic mass is 15.2. The van der Waals surface area contributed by atoms with E-state index in [0.717, 1.165) is 17.1 Å². The highest BCUT2D eigenvalue weighted by Crippen LogP contribution is 2.16. The molecule has 2 aromatic heterocycles. The van der Waals surface area contributed by atoms with Crippen LogP contribution in [-0.4, -0.2) is 15.0 Å². The molecule has 5 nitrogen and oxygen atoms in total. The lowest BCUT2D eigenvalue weighted by atomic mass is 10.1. The van der Waals surface area contributed by atoms with Gasteiger partial charge in [-0.1, -0.05) is 6.07 Å². The first kappa shape index (κ1) is 10.7. The van der Waals surface area contributed by atoms with Gasteiger partial charge in [-0.15, -0.1) is 0 Å². The number of aryl methyl sites for hydroxylation is 1. The molecule has 1 atom stereocenters. The Hall–Kier alpha value is -1.85. The molecule has 0 fully saturated rings. The van der Waals surface area contributed by atoms with Crippen molar-refractivity contribution in [1.82, 2.24) is 20.4 Å². The molecule has 2 aromatic rings. The van der Waals surface area contributed by atoms with Crippen molar-refractivity contribution in [3.63, 3.8) is 0 Å². The van der Waals surface area contributed by atoms with Crippen LogP contribution < -0.4 is 11.3 Å². The highest BCUT2D eigenvalue weighted by Gasteiger charge is 2.14. The molecule has 0 aliphatic carbocycles. The van der Waals surface area contributed by atoms with Gasteiger partial charge in [0, 0.05) is 18.1 Å². The zero-order valence-corrected chi connectivity index (χ0v) is 8.96. The van der Waals surface area contributed by atoms with Crippen LogP contribution in [0.1, 0.15) is 23.1 Å². The number of hydrogen-bond acceptors (Lipinski definition) is 5. The minimum absolute atomic E-state index is 0.228. The Labute approximate surface area is 93.7 Å². The standard InChI is InChI=1S/C11H13N5/c1-8-3-2-4-9(15-8)11(16-12)10-7-13-5-6-14-10/h2-7,11,16H,12H2,1H3. The molecule has 0 aromatic carbocycles. The third-order valence-corrected chi connectivity index (χ3v) is 2.25. The van der Waals surface area contributed by atoms with Crippen LogP contribution in [0.25, 0.3) is 0 Å². The molecule has 0 bridgehead atoms. The van der Waals surface area contributed by atoms with Crippen LogP contribution in [0.3, 0.4) is 0 Å². The lowest BCUT2D eigenvalue weighted by Gasteiger charge is -2.14. The minimum Gasteiger partial charge on any atom is -0.270 e. The van der Waals surface area contributed by atoms with E-state index < -0.39 is 0 Å². The highest BCUT2D eigenvalue weighted by molar-refractivity contribution is 5.21. The molecule has 16 heavy (non-hydrogen) atoms. The Morgan fingerprint density at radius 2 is 2.12 bits per heavy atom. The van der Waals surface area contributed by atoms with Gasteiger partial charge in [-0.25, -0.2) is 5.43 Å². The van der Waals surface area contributed by atoms with Gasteiger partial charge < -0.3 is 0 Å². The van der Waals surface area contributed by atoms with E-state index in [4.69, 9.17) is 5.84 Å². The summed E-state index contributed by atoms with van der Waals surface area (Å²) in [4.78, 5) is 12.6. The van der Waals surface area contributed by atoms with Crippen molar-refractivity contribution in [3.05, 3.63) is 53.9 Å². The Balaban J connectivity index is 2.37. The van der Waals surface area contributed by atoms with Crippen molar-refractivity contribution in [2.24, 2.45) is 5.84 Å². The summed E-state index contributed by atoms with van der Waals surface area (Å²) < 4.78 is 0. The maximum absolute atomic E-state index is 5.53. The fourth-order valence-corrected chi connectivity index (χ4v) is 1.51. The first-order chi connectivity index (χ1) is 7.81. The van der Waals surface area contributed by atoms with E-state index in [2.05, 4.69) is 20.4 Å². The number of rotatable bonds is 3. The van der Waals surface area contributed by atoms with Crippen LogP contribution in [0.2, 0.25) is 0 Å². The van der Waals surface area contributed by atoms with Gasteiger partial charge in [-0.3, -0.25) is 20.8 Å². The minimum atomic E-state index is -0.228. The number of nitrogens with zero attached hydrogens (tertiary/aromatic N) is 3. The molecule has 3 N–H and O–H groups in total. The first-order valence-electron chi connectivity index (χ1n) is 4.97. The van der Waals surface area contributed by atoms with E-state index >= 15 is 0 Å². The Kier molecular flexibility index (Phi) is 3.19. The van der Waals surface area contributed by atoms with Gasteiger partial charge in [-0.2, -0.15) is 0 Å². The topological polar surface area (TPSA) is 76.7 Å². The van der Waals surface area contributed by atoms with E-state index in [-0.39, 0.29) is 6.04 Å². The molecule has 0 saturated carbocycles. The molecule has 0 amide bonds. The van der Waals surface area contributed by atoms with Crippen LogP contribution in [0.15, 0.2) is 36.8 Å². The average molecular weight is 215 g/mol. The molecule has 2 heterocycles. The quantitative estimate of drug-likeness (QED) is 0.583. The van der Waals surface area contributed by atoms with Gasteiger partial charge in [0.25, 0.3) is 0 Å². The first-order valence-corrected chi connectivity index (χ1v) is 4.97. The second kappa shape index (κ2) is 4.78. The number of pyridine rings is 1. The summed E-state index contributed by atoms with van der Waals surface area (Å²) in [5.41, 5.74) is 5.23. The number of nitrogens with one attached hydrogen (secondary N) is 1. The summed E-state index contributed by atoms with van der Waals surface area (Å²) in [5, 5.41) is 0. The second-order valence-corrected chi connectivity index (χ2v) is 3.43. The molecular weight excluding hydrogens is 202 g/mol. The smallest absolute Gasteiger partial charge is 0.107 e. The van der Waals surface area contributed by atoms with Gasteiger partial charge in [-0.05, 0) is 19.1 Å². The molecule has 82 valence electrons. The predicted octanol–water partition coefficient (Wildman–Crippen LogP) is 0.733. The molecule has 0 aliphatic rings. The second-order valence-electron chi connectivity index (χ2n) is 3.43. The van der Waals surface area contributed by atoms with E-state index in [1.165, 1.54) is 0 Å². The Morgan fingerprint density at radius 3 is 2.75 bits per heavy atom. The summed E-state index contributed by atoms with van der Waals surface area (Å²) >= 11 is 0. The van der Waals surface area contributed by atoms with Crippen LogP contribution in [0.5, 0.6) is 0 Å². The van der Waals surface area contributed by atoms with Crippen molar-refractivity contribution < 1.29 is 0 Å². The van der Waals surface area contributed by atoms with E-state index in [1.807, 2.05) is 25.1 Å². The molecule has 0 aliphatic heterocycles. The molecule has 0 saturated heterocycles. The summed E-state index contributed by atoms with van der Waals surface area (Å²) in [5.74, 6) is 5.53. The number of aromatic nitrogens is 3. The van der Waals surface area contributed by atoms with Crippen molar-refractivity contribution in [2.45, 2.75) is 13.0 Å². The fraction of sp³-hybridized carbons (Fsp3) is 0.182. The predicted molar refractivity (Wildman–Crippen MR) is 60.2 cm³/mol. The van der Waals surface area contributed by atoms with Crippen molar-refractivity contribution >= 4 is 0 Å². The Morgan fingerprint density at radius 1 is 1.25 bits per heavy atom. The van der Waals surface area contributed by atoms with Gasteiger partial charge in [0.05, 0.1) is 17.6 Å². The zero-order valence-electron chi connectivity index (χ0n) is 8.96. The SMILES string of the molecule is Cc1cccc(C(NN)c2cnccn2)n1. The molecule has 2 rings (SSSR count). The number of nitrogens with two attached hydrogens (primary N) is 1. The molecule has 5 heteroatoms. The number of hydrazine groups is 1. The van der Waals surface area contributed by atoms with Crippen LogP contribution in [0.4, 0.5) is 0 Å². The van der Waals surface area contributed by atoms with Crippen molar-refractivity contribution in [2.75, 3.05) is 0 Å². The van der Waals surface area contributed by atoms with Gasteiger partial charge >= 0.3 is 0 Å². The van der Waals surface area contributed by atoms with E-state index in [0.29, 0.717) is 0 Å². The Bertz CT molecular complexity index is 457. The van der Waals surface area contributed by atoms with Gasteiger partial charge in [0.2, 0.25) is 0 Å². The normalized spacial score (nSPS) is 12.4. The molecule has 0 spiro atoms. The van der Waals surface area contributed by atoms with Crippen LogP contribution >= 0.6 is 0 Å².